The minimum Gasteiger partial charge on any atom is -0.480 e. The summed E-state index contributed by atoms with van der Waals surface area (Å²) in [6.45, 7) is 0.152. The number of amides is 1. The molecule has 0 fully saturated rings. The highest BCUT2D eigenvalue weighted by Crippen LogP contribution is 2.44. The molecule has 4 rings (SSSR count). The summed E-state index contributed by atoms with van der Waals surface area (Å²) < 4.78 is 5.58. The third-order valence-corrected chi connectivity index (χ3v) is 5.56. The summed E-state index contributed by atoms with van der Waals surface area (Å²) >= 11 is 0. The normalized spacial score (nSPS) is 13.2. The molecule has 0 saturated carbocycles. The van der Waals surface area contributed by atoms with Crippen LogP contribution >= 0.6 is 0 Å². The summed E-state index contributed by atoms with van der Waals surface area (Å²) in [5.41, 5.74) is 5.30. The van der Waals surface area contributed by atoms with Crippen molar-refractivity contribution in [3.05, 3.63) is 89.7 Å². The monoisotopic (exact) mass is 402 g/mol. The Hall–Kier alpha value is -3.67. The van der Waals surface area contributed by atoms with E-state index in [0.29, 0.717) is 0 Å². The lowest BCUT2D eigenvalue weighted by atomic mass is 9.98. The molecule has 1 amide bonds. The number of carbonyl (C=O) groups is 2. The predicted octanol–water partition coefficient (Wildman–Crippen LogP) is 3.96. The number of carboxylic acid groups (broad SMARTS) is 1. The summed E-state index contributed by atoms with van der Waals surface area (Å²) in [6, 6.07) is 18.6. The van der Waals surface area contributed by atoms with Gasteiger partial charge in [-0.15, -0.1) is 0 Å². The largest absolute Gasteiger partial charge is 0.480 e. The van der Waals surface area contributed by atoms with Crippen LogP contribution in [0, 0.1) is 0 Å². The first kappa shape index (κ1) is 19.6. The number of aromatic nitrogens is 1. The molecule has 2 aromatic carbocycles. The Morgan fingerprint density at radius 1 is 1.00 bits per heavy atom. The Balaban J connectivity index is 1.48. The number of hydrogen-bond acceptors (Lipinski definition) is 4. The van der Waals surface area contributed by atoms with Crippen LogP contribution in [0.2, 0.25) is 0 Å². The minimum atomic E-state index is -1.08. The lowest BCUT2D eigenvalue weighted by molar-refractivity contribution is -0.142. The van der Waals surface area contributed by atoms with Crippen LogP contribution in [0.25, 0.3) is 11.1 Å². The van der Waals surface area contributed by atoms with Crippen molar-refractivity contribution in [1.29, 1.82) is 0 Å². The average Bonchev–Trinajstić information content (AvgIpc) is 3.09. The number of carboxylic acids is 1. The van der Waals surface area contributed by atoms with E-state index in [1.165, 1.54) is 7.05 Å². The highest BCUT2D eigenvalue weighted by molar-refractivity contribution is 5.81. The molecule has 1 aromatic heterocycles. The fraction of sp³-hybridized carbons (Fsp3) is 0.208. The van der Waals surface area contributed by atoms with Gasteiger partial charge in [0.2, 0.25) is 0 Å². The number of pyridine rings is 1. The molecule has 1 aliphatic carbocycles. The number of rotatable bonds is 6. The van der Waals surface area contributed by atoms with E-state index in [2.05, 4.69) is 17.1 Å². The standard InChI is InChI=1S/C24H22N2O4/c1-26(22(23(27)28)14-16-10-12-25-13-11-16)24(29)30-15-21-19-8-4-2-6-17(19)18-7-3-5-9-20(18)21/h2-13,21-22H,14-15H2,1H3,(H,27,28). The van der Waals surface area contributed by atoms with Gasteiger partial charge in [-0.1, -0.05) is 48.5 Å². The molecular formula is C24H22N2O4. The number of ether oxygens (including phenoxy) is 1. The van der Waals surface area contributed by atoms with E-state index in [9.17, 15) is 14.7 Å². The van der Waals surface area contributed by atoms with Gasteiger partial charge in [-0.2, -0.15) is 0 Å². The number of fused-ring (bicyclic) bond motifs is 3. The molecule has 1 N–H and O–H groups in total. The number of nitrogens with zero attached hydrogens (tertiary/aromatic N) is 2. The molecule has 6 heteroatoms. The Morgan fingerprint density at radius 3 is 2.13 bits per heavy atom. The van der Waals surface area contributed by atoms with E-state index < -0.39 is 18.1 Å². The van der Waals surface area contributed by atoms with Crippen LogP contribution in [0.5, 0.6) is 0 Å². The average molecular weight is 402 g/mol. The second kappa shape index (κ2) is 8.37. The molecule has 30 heavy (non-hydrogen) atoms. The zero-order valence-electron chi connectivity index (χ0n) is 16.6. The van der Waals surface area contributed by atoms with Crippen molar-refractivity contribution in [3.8, 4) is 11.1 Å². The van der Waals surface area contributed by atoms with Gasteiger partial charge >= 0.3 is 12.1 Å². The lowest BCUT2D eigenvalue weighted by Crippen LogP contribution is -2.44. The molecule has 0 radical (unpaired) electrons. The molecule has 0 aliphatic heterocycles. The summed E-state index contributed by atoms with van der Waals surface area (Å²) in [4.78, 5) is 29.5. The molecular weight excluding hydrogens is 380 g/mol. The first-order chi connectivity index (χ1) is 14.6. The smallest absolute Gasteiger partial charge is 0.410 e. The van der Waals surface area contributed by atoms with E-state index >= 15 is 0 Å². The van der Waals surface area contributed by atoms with Crippen LogP contribution in [0.3, 0.4) is 0 Å². The molecule has 0 spiro atoms. The van der Waals surface area contributed by atoms with Gasteiger partial charge in [-0.05, 0) is 39.9 Å². The summed E-state index contributed by atoms with van der Waals surface area (Å²) in [6.07, 6.45) is 2.72. The first-order valence-electron chi connectivity index (χ1n) is 9.75. The van der Waals surface area contributed by atoms with E-state index in [-0.39, 0.29) is 18.9 Å². The number of benzene rings is 2. The van der Waals surface area contributed by atoms with Gasteiger partial charge in [0.05, 0.1) is 0 Å². The maximum absolute atomic E-state index is 12.7. The van der Waals surface area contributed by atoms with E-state index in [0.717, 1.165) is 32.7 Å². The number of aliphatic carboxylic acids is 1. The molecule has 1 aliphatic rings. The van der Waals surface area contributed by atoms with Crippen LogP contribution in [0.4, 0.5) is 4.79 Å². The molecule has 6 nitrogen and oxygen atoms in total. The summed E-state index contributed by atoms with van der Waals surface area (Å²) in [5.74, 6) is -1.15. The van der Waals surface area contributed by atoms with Gasteiger partial charge in [0.15, 0.2) is 0 Å². The van der Waals surface area contributed by atoms with E-state index in [1.54, 1.807) is 24.5 Å². The molecule has 152 valence electrons. The Kier molecular flexibility index (Phi) is 5.48. The minimum absolute atomic E-state index is 0.0711. The third kappa shape index (κ3) is 3.76. The maximum Gasteiger partial charge on any atom is 0.410 e. The predicted molar refractivity (Wildman–Crippen MR) is 112 cm³/mol. The van der Waals surface area contributed by atoms with Gasteiger partial charge < -0.3 is 9.84 Å². The van der Waals surface area contributed by atoms with Crippen LogP contribution < -0.4 is 0 Å². The van der Waals surface area contributed by atoms with Gasteiger partial charge in [-0.25, -0.2) is 9.59 Å². The van der Waals surface area contributed by atoms with Crippen LogP contribution in [-0.2, 0) is 16.0 Å². The quantitative estimate of drug-likeness (QED) is 0.675. The zero-order valence-corrected chi connectivity index (χ0v) is 16.6. The number of carbonyl (C=O) groups excluding carboxylic acids is 1. The maximum atomic E-state index is 12.7. The molecule has 1 heterocycles. The topological polar surface area (TPSA) is 79.7 Å². The van der Waals surface area contributed by atoms with E-state index in [1.807, 2.05) is 36.4 Å². The van der Waals surface area contributed by atoms with Crippen molar-refractivity contribution >= 4 is 12.1 Å². The first-order valence-corrected chi connectivity index (χ1v) is 9.75. The molecule has 3 aromatic rings. The second-order valence-corrected chi connectivity index (χ2v) is 7.33. The van der Waals surface area contributed by atoms with Crippen molar-refractivity contribution in [2.45, 2.75) is 18.4 Å². The fourth-order valence-corrected chi connectivity index (χ4v) is 3.96. The van der Waals surface area contributed by atoms with Crippen LogP contribution in [0.15, 0.2) is 73.1 Å². The van der Waals surface area contributed by atoms with Crippen molar-refractivity contribution in [3.63, 3.8) is 0 Å². The lowest BCUT2D eigenvalue weighted by Gasteiger charge is -2.25. The fourth-order valence-electron chi connectivity index (χ4n) is 3.96. The molecule has 0 saturated heterocycles. The summed E-state index contributed by atoms with van der Waals surface area (Å²) in [7, 11) is 1.46. The highest BCUT2D eigenvalue weighted by atomic mass is 16.6. The van der Waals surface area contributed by atoms with Gasteiger partial charge in [0.1, 0.15) is 12.6 Å². The third-order valence-electron chi connectivity index (χ3n) is 5.56. The molecule has 0 bridgehead atoms. The van der Waals surface area contributed by atoms with Crippen LogP contribution in [-0.4, -0.2) is 46.7 Å². The van der Waals surface area contributed by atoms with Crippen molar-refractivity contribution in [1.82, 2.24) is 9.88 Å². The van der Waals surface area contributed by atoms with Gasteiger partial charge in [-0.3, -0.25) is 9.88 Å². The zero-order chi connectivity index (χ0) is 21.1. The van der Waals surface area contributed by atoms with Crippen molar-refractivity contribution in [2.75, 3.05) is 13.7 Å². The van der Waals surface area contributed by atoms with Crippen molar-refractivity contribution in [2.24, 2.45) is 0 Å². The second-order valence-electron chi connectivity index (χ2n) is 7.33. The summed E-state index contributed by atoms with van der Waals surface area (Å²) in [5, 5.41) is 9.63. The van der Waals surface area contributed by atoms with Gasteiger partial charge in [0.25, 0.3) is 0 Å². The molecule has 1 unspecified atom stereocenters. The Labute approximate surface area is 174 Å². The Morgan fingerprint density at radius 2 is 1.57 bits per heavy atom. The van der Waals surface area contributed by atoms with Gasteiger partial charge in [0, 0.05) is 31.8 Å². The SMILES string of the molecule is CN(C(=O)OCC1c2ccccc2-c2ccccc21)C(Cc1ccncc1)C(=O)O. The highest BCUT2D eigenvalue weighted by Gasteiger charge is 2.32. The number of hydrogen-bond donors (Lipinski definition) is 1. The Bertz CT molecular complexity index is 1020. The van der Waals surface area contributed by atoms with Crippen LogP contribution in [0.1, 0.15) is 22.6 Å². The number of likely N-dealkylation sites (N-methyl/N-ethyl adjacent to an activating group) is 1. The van der Waals surface area contributed by atoms with Crippen molar-refractivity contribution < 1.29 is 19.4 Å². The van der Waals surface area contributed by atoms with E-state index in [4.69, 9.17) is 4.74 Å². The molecule has 1 atom stereocenters.